The summed E-state index contributed by atoms with van der Waals surface area (Å²) >= 11 is 0. The summed E-state index contributed by atoms with van der Waals surface area (Å²) in [7, 11) is 0. The molecule has 0 bridgehead atoms. The first-order valence-electron chi connectivity index (χ1n) is 6.01. The summed E-state index contributed by atoms with van der Waals surface area (Å²) in [4.78, 5) is 10.3. The fourth-order valence-corrected chi connectivity index (χ4v) is 1.60. The van der Waals surface area contributed by atoms with Crippen LogP contribution in [0.4, 0.5) is 0 Å². The van der Waals surface area contributed by atoms with E-state index in [9.17, 15) is 4.79 Å². The zero-order valence-corrected chi connectivity index (χ0v) is 14.0. The summed E-state index contributed by atoms with van der Waals surface area (Å²) in [6, 6.07) is 0. The number of hydrogen-bond donors (Lipinski definition) is 0. The zero-order valence-electron chi connectivity index (χ0n) is 10.8. The first kappa shape index (κ1) is 26.4. The Hall–Kier alpha value is 0.764. The van der Waals surface area contributed by atoms with Gasteiger partial charge in [-0.05, 0) is 12.8 Å². The molecule has 0 aliphatic rings. The Kier molecular flexibility index (Phi) is 34.1. The number of unbranched alkanes of at least 4 members (excludes halogenated alkanes) is 8. The Morgan fingerprint density at radius 1 is 0.824 bits per heavy atom. The van der Waals surface area contributed by atoms with Crippen molar-refractivity contribution in [1.29, 1.82) is 0 Å². The average molecular weight is 319 g/mol. The van der Waals surface area contributed by atoms with Crippen LogP contribution < -0.4 is 0 Å². The van der Waals surface area contributed by atoms with Gasteiger partial charge < -0.3 is 10.5 Å². The molecular formula is C12H26Cl2NOTi-. The number of amides is 1. The van der Waals surface area contributed by atoms with Crippen LogP contribution in [0, 0.1) is 0 Å². The predicted molar refractivity (Wildman–Crippen MR) is 75.7 cm³/mol. The van der Waals surface area contributed by atoms with E-state index in [2.05, 4.69) is 6.92 Å². The van der Waals surface area contributed by atoms with Crippen LogP contribution in [-0.2, 0) is 26.5 Å². The Morgan fingerprint density at radius 2 is 1.18 bits per heavy atom. The van der Waals surface area contributed by atoms with Crippen LogP contribution in [0.1, 0.15) is 71.1 Å². The van der Waals surface area contributed by atoms with Gasteiger partial charge >= 0.3 is 0 Å². The third-order valence-corrected chi connectivity index (χ3v) is 2.51. The first-order valence-corrected chi connectivity index (χ1v) is 6.01. The quantitative estimate of drug-likeness (QED) is 0.396. The molecule has 0 aliphatic heterocycles. The van der Waals surface area contributed by atoms with Crippen molar-refractivity contribution in [1.82, 2.24) is 0 Å². The maximum atomic E-state index is 10.3. The van der Waals surface area contributed by atoms with E-state index in [0.717, 1.165) is 12.8 Å². The van der Waals surface area contributed by atoms with Crippen molar-refractivity contribution in [2.75, 3.05) is 0 Å². The number of hydrogen-bond acceptors (Lipinski definition) is 1. The van der Waals surface area contributed by atoms with E-state index in [-0.39, 0.29) is 46.5 Å². The van der Waals surface area contributed by atoms with Gasteiger partial charge in [-0.25, -0.2) is 0 Å². The van der Waals surface area contributed by atoms with E-state index in [0.29, 0.717) is 6.42 Å². The SMILES string of the molecule is CCCCCCCCCCCC([NH-])=O.Cl.Cl.[Ti]. The van der Waals surface area contributed by atoms with Gasteiger partial charge in [-0.2, -0.15) is 0 Å². The molecule has 17 heavy (non-hydrogen) atoms. The number of rotatable bonds is 10. The summed E-state index contributed by atoms with van der Waals surface area (Å²) in [5, 5.41) is 0. The standard InChI is InChI=1S/C12H25NO.2ClH.Ti/c1-2-3-4-5-6-7-8-9-10-11-12(13)14;;;/h2-11H2,1H3,(H2,13,14);2*1H;/p-1. The van der Waals surface area contributed by atoms with Crippen molar-refractivity contribution in [3.05, 3.63) is 5.73 Å². The second-order valence-electron chi connectivity index (χ2n) is 4.00. The molecule has 5 heteroatoms. The molecule has 1 amide bonds. The van der Waals surface area contributed by atoms with Gasteiger partial charge in [0.1, 0.15) is 0 Å². The van der Waals surface area contributed by atoms with Crippen LogP contribution in [-0.4, -0.2) is 5.91 Å². The van der Waals surface area contributed by atoms with E-state index in [1.807, 2.05) is 0 Å². The monoisotopic (exact) mass is 318 g/mol. The molecule has 0 saturated heterocycles. The summed E-state index contributed by atoms with van der Waals surface area (Å²) in [5.74, 6) is -0.409. The third kappa shape index (κ3) is 26.4. The smallest absolute Gasteiger partial charge is 0.0487 e. The average Bonchev–Trinajstić information content (AvgIpc) is 2.15. The molecule has 0 aromatic carbocycles. The predicted octanol–water partition coefficient (Wildman–Crippen LogP) is 5.33. The van der Waals surface area contributed by atoms with Crippen LogP contribution in [0.25, 0.3) is 5.73 Å². The molecule has 0 radical (unpaired) electrons. The third-order valence-electron chi connectivity index (χ3n) is 2.51. The van der Waals surface area contributed by atoms with E-state index in [4.69, 9.17) is 5.73 Å². The van der Waals surface area contributed by atoms with Crippen molar-refractivity contribution >= 4 is 30.7 Å². The van der Waals surface area contributed by atoms with E-state index >= 15 is 0 Å². The van der Waals surface area contributed by atoms with Crippen molar-refractivity contribution in [2.45, 2.75) is 71.1 Å². The fraction of sp³-hybridized carbons (Fsp3) is 0.917. The molecule has 0 rings (SSSR count). The van der Waals surface area contributed by atoms with Crippen LogP contribution >= 0.6 is 24.8 Å². The van der Waals surface area contributed by atoms with Gasteiger partial charge in [0.15, 0.2) is 0 Å². The number of carbonyl (C=O) groups is 1. The molecule has 2 nitrogen and oxygen atoms in total. The maximum Gasteiger partial charge on any atom is 0.0487 e. The summed E-state index contributed by atoms with van der Waals surface area (Å²) in [5.41, 5.74) is 6.73. The Labute approximate surface area is 134 Å². The topological polar surface area (TPSA) is 40.9 Å². The second kappa shape index (κ2) is 22.0. The van der Waals surface area contributed by atoms with Crippen molar-refractivity contribution < 1.29 is 26.5 Å². The van der Waals surface area contributed by atoms with E-state index in [1.165, 1.54) is 44.9 Å². The van der Waals surface area contributed by atoms with Gasteiger partial charge in [-0.1, -0.05) is 58.3 Å². The second-order valence-corrected chi connectivity index (χ2v) is 4.00. The number of nitrogens with one attached hydrogen (secondary N) is 1. The normalized spacial score (nSPS) is 8.53. The summed E-state index contributed by atoms with van der Waals surface area (Å²) in [6.45, 7) is 2.23. The molecule has 0 unspecified atom stereocenters. The Bertz CT molecular complexity index is 148. The minimum atomic E-state index is -0.409. The maximum absolute atomic E-state index is 10.3. The van der Waals surface area contributed by atoms with Gasteiger partial charge in [0.05, 0.1) is 0 Å². The fourth-order valence-electron chi connectivity index (χ4n) is 1.60. The molecule has 0 aromatic rings. The van der Waals surface area contributed by atoms with Crippen LogP contribution in [0.5, 0.6) is 0 Å². The first-order chi connectivity index (χ1) is 6.77. The number of halogens is 2. The summed E-state index contributed by atoms with van der Waals surface area (Å²) < 4.78 is 0. The van der Waals surface area contributed by atoms with Crippen LogP contribution in [0.2, 0.25) is 0 Å². The van der Waals surface area contributed by atoms with Crippen molar-refractivity contribution in [3.63, 3.8) is 0 Å². The molecule has 1 N–H and O–H groups in total. The van der Waals surface area contributed by atoms with Crippen molar-refractivity contribution in [2.24, 2.45) is 0 Å². The largest absolute Gasteiger partial charge is 0.668 e. The molecule has 0 heterocycles. The zero-order chi connectivity index (χ0) is 10.6. The van der Waals surface area contributed by atoms with Gasteiger partial charge in [0.2, 0.25) is 0 Å². The molecule has 0 saturated carbocycles. The molecule has 0 spiro atoms. The molecular weight excluding hydrogens is 293 g/mol. The number of carbonyl (C=O) groups excluding carboxylic acids is 1. The minimum Gasteiger partial charge on any atom is -0.668 e. The van der Waals surface area contributed by atoms with Gasteiger partial charge in [-0.3, -0.25) is 0 Å². The Morgan fingerprint density at radius 3 is 1.53 bits per heavy atom. The van der Waals surface area contributed by atoms with Gasteiger partial charge in [-0.15, -0.1) is 24.8 Å². The minimum absolute atomic E-state index is 0. The molecule has 104 valence electrons. The van der Waals surface area contributed by atoms with Crippen LogP contribution in [0.3, 0.4) is 0 Å². The van der Waals surface area contributed by atoms with Gasteiger partial charge in [0, 0.05) is 27.6 Å². The summed E-state index contributed by atoms with van der Waals surface area (Å²) in [6.07, 6.45) is 11.8. The molecule has 0 aliphatic carbocycles. The molecule has 0 atom stereocenters. The van der Waals surface area contributed by atoms with E-state index < -0.39 is 5.91 Å². The van der Waals surface area contributed by atoms with Gasteiger partial charge in [0.25, 0.3) is 0 Å². The van der Waals surface area contributed by atoms with Crippen molar-refractivity contribution in [3.8, 4) is 0 Å². The molecule has 0 aromatic heterocycles. The molecule has 0 fully saturated rings. The van der Waals surface area contributed by atoms with E-state index in [1.54, 1.807) is 0 Å². The Balaban J connectivity index is -0.000000282. The van der Waals surface area contributed by atoms with Crippen LogP contribution in [0.15, 0.2) is 0 Å².